The summed E-state index contributed by atoms with van der Waals surface area (Å²) < 4.78 is 6.30. The van der Waals surface area contributed by atoms with Gasteiger partial charge < -0.3 is 10.5 Å². The van der Waals surface area contributed by atoms with Gasteiger partial charge in [0.25, 0.3) is 5.19 Å². The van der Waals surface area contributed by atoms with Gasteiger partial charge >= 0.3 is 0 Å². The van der Waals surface area contributed by atoms with Gasteiger partial charge in [-0.05, 0) is 40.2 Å². The van der Waals surface area contributed by atoms with Crippen molar-refractivity contribution in [1.82, 2.24) is 4.98 Å². The van der Waals surface area contributed by atoms with Gasteiger partial charge in [-0.1, -0.05) is 22.9 Å². The minimum atomic E-state index is 0.447. The number of rotatable bonds is 3. The van der Waals surface area contributed by atoms with E-state index < -0.39 is 0 Å². The van der Waals surface area contributed by atoms with Gasteiger partial charge in [-0.2, -0.15) is 4.98 Å². The molecule has 0 aliphatic heterocycles. The van der Waals surface area contributed by atoms with E-state index in [2.05, 4.69) is 20.9 Å². The van der Waals surface area contributed by atoms with Crippen molar-refractivity contribution in [1.29, 1.82) is 0 Å². The molecule has 16 heavy (non-hydrogen) atoms. The van der Waals surface area contributed by atoms with Crippen molar-refractivity contribution in [3.05, 3.63) is 38.8 Å². The van der Waals surface area contributed by atoms with E-state index in [4.69, 9.17) is 22.1 Å². The van der Waals surface area contributed by atoms with E-state index in [9.17, 15) is 0 Å². The van der Waals surface area contributed by atoms with Crippen molar-refractivity contribution in [3.8, 4) is 10.9 Å². The lowest BCUT2D eigenvalue weighted by atomic mass is 10.3. The maximum Gasteiger partial charge on any atom is 0.280 e. The van der Waals surface area contributed by atoms with Crippen molar-refractivity contribution in [2.75, 3.05) is 0 Å². The third-order valence-electron chi connectivity index (χ3n) is 1.83. The number of hydrogen-bond donors (Lipinski definition) is 1. The summed E-state index contributed by atoms with van der Waals surface area (Å²) in [7, 11) is 0. The Kier molecular flexibility index (Phi) is 3.81. The second-order valence-corrected chi connectivity index (χ2v) is 5.19. The summed E-state index contributed by atoms with van der Waals surface area (Å²) in [5.41, 5.74) is 5.54. The van der Waals surface area contributed by atoms with Crippen LogP contribution in [-0.4, -0.2) is 4.98 Å². The molecule has 0 bridgehead atoms. The number of nitrogens with two attached hydrogens (primary N) is 1. The summed E-state index contributed by atoms with van der Waals surface area (Å²) in [5, 5.41) is 1.24. The molecule has 0 spiro atoms. The molecule has 1 heterocycles. The van der Waals surface area contributed by atoms with Crippen LogP contribution in [0.5, 0.6) is 10.9 Å². The van der Waals surface area contributed by atoms with Crippen LogP contribution in [0.15, 0.2) is 28.9 Å². The van der Waals surface area contributed by atoms with Crippen molar-refractivity contribution >= 4 is 38.9 Å². The highest BCUT2D eigenvalue weighted by atomic mass is 79.9. The lowest BCUT2D eigenvalue weighted by molar-refractivity contribution is 0.478. The molecule has 1 aromatic carbocycles. The maximum absolute atomic E-state index is 5.77. The summed E-state index contributed by atoms with van der Waals surface area (Å²) in [6, 6.07) is 7.12. The fraction of sp³-hybridized carbons (Fsp3) is 0.100. The summed E-state index contributed by atoms with van der Waals surface area (Å²) in [6.45, 7) is 0.447. The first-order valence-corrected chi connectivity index (χ1v) is 6.46. The van der Waals surface area contributed by atoms with Gasteiger partial charge in [-0.3, -0.25) is 0 Å². The molecule has 0 unspecified atom stereocenters. The normalized spacial score (nSPS) is 10.4. The summed E-state index contributed by atoms with van der Waals surface area (Å²) >= 11 is 10.5. The predicted octanol–water partition coefficient (Wildman–Crippen LogP) is 3.81. The van der Waals surface area contributed by atoms with Gasteiger partial charge in [-0.25, -0.2) is 0 Å². The Morgan fingerprint density at radius 3 is 2.62 bits per heavy atom. The molecule has 0 atom stereocenters. The Bertz CT molecular complexity index is 486. The molecule has 0 aliphatic rings. The first-order valence-electron chi connectivity index (χ1n) is 4.47. The lowest BCUT2D eigenvalue weighted by Crippen LogP contribution is -1.92. The van der Waals surface area contributed by atoms with Crippen molar-refractivity contribution in [2.24, 2.45) is 5.73 Å². The lowest BCUT2D eigenvalue weighted by Gasteiger charge is -2.00. The molecular formula is C10H8BrClN2OS. The Morgan fingerprint density at radius 1 is 1.38 bits per heavy atom. The number of ether oxygens (including phenoxy) is 1. The average Bonchev–Trinajstić information content (AvgIpc) is 2.62. The number of aromatic nitrogens is 1. The maximum atomic E-state index is 5.77. The molecule has 0 saturated carbocycles. The summed E-state index contributed by atoms with van der Waals surface area (Å²) in [5.74, 6) is 0.703. The zero-order valence-corrected chi connectivity index (χ0v) is 11.3. The SMILES string of the molecule is NCc1sc(Oc2ccc(Cl)cc2)nc1Br. The monoisotopic (exact) mass is 318 g/mol. The predicted molar refractivity (Wildman–Crippen MR) is 69.2 cm³/mol. The highest BCUT2D eigenvalue weighted by molar-refractivity contribution is 9.10. The van der Waals surface area contributed by atoms with Gasteiger partial charge in [0.1, 0.15) is 10.4 Å². The average molecular weight is 320 g/mol. The van der Waals surface area contributed by atoms with E-state index in [1.807, 2.05) is 0 Å². The summed E-state index contributed by atoms with van der Waals surface area (Å²) in [6.07, 6.45) is 0. The Morgan fingerprint density at radius 2 is 2.06 bits per heavy atom. The molecule has 84 valence electrons. The van der Waals surface area contributed by atoms with Crippen molar-refractivity contribution < 1.29 is 4.74 Å². The van der Waals surface area contributed by atoms with E-state index in [-0.39, 0.29) is 0 Å². The van der Waals surface area contributed by atoms with Crippen LogP contribution in [0.25, 0.3) is 0 Å². The topological polar surface area (TPSA) is 48.1 Å². The molecule has 0 amide bonds. The van der Waals surface area contributed by atoms with Gasteiger partial charge in [0, 0.05) is 11.6 Å². The third-order valence-corrected chi connectivity index (χ3v) is 3.96. The van der Waals surface area contributed by atoms with Gasteiger partial charge in [0.2, 0.25) is 0 Å². The molecule has 2 aromatic rings. The van der Waals surface area contributed by atoms with E-state index >= 15 is 0 Å². The highest BCUT2D eigenvalue weighted by Gasteiger charge is 2.08. The molecule has 0 fully saturated rings. The minimum absolute atomic E-state index is 0.447. The van der Waals surface area contributed by atoms with Crippen LogP contribution in [-0.2, 0) is 6.54 Å². The number of hydrogen-bond acceptors (Lipinski definition) is 4. The van der Waals surface area contributed by atoms with Crippen LogP contribution >= 0.6 is 38.9 Å². The molecule has 0 radical (unpaired) electrons. The smallest absolute Gasteiger partial charge is 0.280 e. The number of halogens is 2. The van der Waals surface area contributed by atoms with Crippen molar-refractivity contribution in [3.63, 3.8) is 0 Å². The van der Waals surface area contributed by atoms with Gasteiger partial charge in [-0.15, -0.1) is 0 Å². The van der Waals surface area contributed by atoms with Crippen LogP contribution in [0.4, 0.5) is 0 Å². The van der Waals surface area contributed by atoms with E-state index in [1.165, 1.54) is 11.3 Å². The fourth-order valence-corrected chi connectivity index (χ4v) is 2.59. The molecule has 2 N–H and O–H groups in total. The van der Waals surface area contributed by atoms with Gasteiger partial charge in [0.15, 0.2) is 0 Å². The number of nitrogens with zero attached hydrogens (tertiary/aromatic N) is 1. The molecule has 1 aromatic heterocycles. The van der Waals surface area contributed by atoms with Crippen LogP contribution in [0.1, 0.15) is 4.88 Å². The summed E-state index contributed by atoms with van der Waals surface area (Å²) in [4.78, 5) is 5.16. The molecule has 6 heteroatoms. The van der Waals surface area contributed by atoms with E-state index in [0.29, 0.717) is 22.5 Å². The largest absolute Gasteiger partial charge is 0.431 e. The molecule has 3 nitrogen and oxygen atoms in total. The van der Waals surface area contributed by atoms with Crippen molar-refractivity contribution in [2.45, 2.75) is 6.54 Å². The Balaban J connectivity index is 2.17. The molecule has 0 aliphatic carbocycles. The standard InChI is InChI=1S/C10H8BrClN2OS/c11-9-8(5-13)16-10(14-9)15-7-3-1-6(12)2-4-7/h1-4H,5,13H2. The van der Waals surface area contributed by atoms with Crippen LogP contribution < -0.4 is 10.5 Å². The van der Waals surface area contributed by atoms with E-state index in [1.54, 1.807) is 24.3 Å². The van der Waals surface area contributed by atoms with E-state index in [0.717, 1.165) is 9.48 Å². The molecule has 2 rings (SSSR count). The second-order valence-electron chi connectivity index (χ2n) is 2.95. The van der Waals surface area contributed by atoms with Crippen LogP contribution in [0.2, 0.25) is 5.02 Å². The zero-order chi connectivity index (χ0) is 11.5. The quantitative estimate of drug-likeness (QED) is 0.936. The zero-order valence-electron chi connectivity index (χ0n) is 8.11. The number of benzene rings is 1. The second kappa shape index (κ2) is 5.14. The van der Waals surface area contributed by atoms with Gasteiger partial charge in [0.05, 0.1) is 4.88 Å². The highest BCUT2D eigenvalue weighted by Crippen LogP contribution is 2.32. The third kappa shape index (κ3) is 2.74. The minimum Gasteiger partial charge on any atom is -0.431 e. The van der Waals surface area contributed by atoms with Crippen LogP contribution in [0, 0.1) is 0 Å². The number of thiazole rings is 1. The first kappa shape index (κ1) is 11.9. The molecule has 0 saturated heterocycles. The molecular weight excluding hydrogens is 312 g/mol. The first-order chi connectivity index (χ1) is 7.69. The van der Waals surface area contributed by atoms with Crippen LogP contribution in [0.3, 0.4) is 0 Å². The Labute approximate surface area is 110 Å². The Hall–Kier alpha value is -0.620. The fourth-order valence-electron chi connectivity index (χ4n) is 1.09.